The van der Waals surface area contributed by atoms with Crippen LogP contribution in [-0.4, -0.2) is 32.8 Å². The lowest BCUT2D eigenvalue weighted by Gasteiger charge is -2.11. The summed E-state index contributed by atoms with van der Waals surface area (Å²) in [7, 11) is 3.25. The molecule has 0 radical (unpaired) electrons. The van der Waals surface area contributed by atoms with Gasteiger partial charge in [-0.1, -0.05) is 6.07 Å². The number of carbonyl (C=O) groups is 1. The average molecular weight is 295 g/mol. The molecule has 110 valence electrons. The number of allylic oxidation sites excluding steroid dienone is 1. The van der Waals surface area contributed by atoms with Crippen LogP contribution in [0.15, 0.2) is 29.3 Å². The van der Waals surface area contributed by atoms with Gasteiger partial charge in [0.25, 0.3) is 0 Å². The van der Waals surface area contributed by atoms with E-state index in [1.54, 1.807) is 27.2 Å². The van der Waals surface area contributed by atoms with Gasteiger partial charge in [-0.25, -0.2) is 0 Å². The third kappa shape index (κ3) is 5.17. The van der Waals surface area contributed by atoms with Crippen LogP contribution >= 0.6 is 11.8 Å². The Morgan fingerprint density at radius 3 is 2.55 bits per heavy atom. The van der Waals surface area contributed by atoms with Crippen molar-refractivity contribution < 1.29 is 14.3 Å². The molecule has 0 fully saturated rings. The molecule has 0 bridgehead atoms. The number of hydrogen-bond donors (Lipinski definition) is 1. The van der Waals surface area contributed by atoms with E-state index in [2.05, 4.69) is 5.32 Å². The van der Waals surface area contributed by atoms with Crippen LogP contribution in [0.3, 0.4) is 0 Å². The Bertz CT molecular complexity index is 486. The maximum Gasteiger partial charge on any atom is 0.160 e. The quantitative estimate of drug-likeness (QED) is 0.747. The Kier molecular flexibility index (Phi) is 7.01. The molecule has 0 amide bonds. The normalized spacial score (nSPS) is 11.1. The maximum absolute atomic E-state index is 11.0. The molecule has 0 unspecified atom stereocenters. The summed E-state index contributed by atoms with van der Waals surface area (Å²) in [5, 5.41) is 4.13. The molecular weight excluding hydrogens is 274 g/mol. The minimum atomic E-state index is 0.0490. The lowest BCUT2D eigenvalue weighted by Crippen LogP contribution is -2.15. The predicted octanol–water partition coefficient (Wildman–Crippen LogP) is 2.63. The van der Waals surface area contributed by atoms with E-state index in [1.165, 1.54) is 11.8 Å². The first-order valence-electron chi connectivity index (χ1n) is 6.31. The minimum Gasteiger partial charge on any atom is -0.493 e. The highest BCUT2D eigenvalue weighted by Crippen LogP contribution is 2.27. The molecule has 0 atom stereocenters. The summed E-state index contributed by atoms with van der Waals surface area (Å²) in [4.78, 5) is 11.0. The fourth-order valence-corrected chi connectivity index (χ4v) is 2.26. The van der Waals surface area contributed by atoms with Crippen LogP contribution < -0.4 is 14.8 Å². The van der Waals surface area contributed by atoms with E-state index in [0.717, 1.165) is 35.1 Å². The summed E-state index contributed by atoms with van der Waals surface area (Å²) in [6, 6.07) is 5.87. The summed E-state index contributed by atoms with van der Waals surface area (Å²) in [6.45, 7) is 2.31. The average Bonchev–Trinajstić information content (AvgIpc) is 2.45. The molecule has 5 heteroatoms. The summed E-state index contributed by atoms with van der Waals surface area (Å²) in [5.41, 5.74) is 1.15. The number of ether oxygens (including phenoxy) is 2. The van der Waals surface area contributed by atoms with Gasteiger partial charge in [-0.3, -0.25) is 4.79 Å². The molecule has 1 aromatic carbocycles. The number of rotatable bonds is 8. The molecular formula is C15H21NO3S. The van der Waals surface area contributed by atoms with Crippen molar-refractivity contribution in [1.82, 2.24) is 5.32 Å². The van der Waals surface area contributed by atoms with E-state index in [1.807, 2.05) is 24.5 Å². The Morgan fingerprint density at radius 2 is 2.00 bits per heavy atom. The van der Waals surface area contributed by atoms with E-state index in [0.29, 0.717) is 0 Å². The smallest absolute Gasteiger partial charge is 0.160 e. The Labute approximate surface area is 124 Å². The number of ketones is 1. The number of methoxy groups -OCH3 is 2. The number of thioether (sulfide) groups is 1. The second-order valence-corrected chi connectivity index (χ2v) is 5.04. The van der Waals surface area contributed by atoms with Crippen LogP contribution in [0, 0.1) is 0 Å². The highest BCUT2D eigenvalue weighted by molar-refractivity contribution is 8.02. The molecule has 0 aliphatic rings. The SMILES string of the molecule is COc1ccc(CCN/C(=C/C(C)=O)SC)cc1OC. The van der Waals surface area contributed by atoms with Gasteiger partial charge >= 0.3 is 0 Å². The topological polar surface area (TPSA) is 47.6 Å². The number of benzene rings is 1. The zero-order valence-corrected chi connectivity index (χ0v) is 13.2. The van der Waals surface area contributed by atoms with Gasteiger partial charge in [-0.05, 0) is 37.3 Å². The van der Waals surface area contributed by atoms with Gasteiger partial charge in [0, 0.05) is 12.6 Å². The van der Waals surface area contributed by atoms with Crippen molar-refractivity contribution in [3.05, 3.63) is 34.9 Å². The molecule has 20 heavy (non-hydrogen) atoms. The summed E-state index contributed by atoms with van der Waals surface area (Å²) >= 11 is 1.53. The van der Waals surface area contributed by atoms with Crippen LogP contribution in [0.5, 0.6) is 11.5 Å². The van der Waals surface area contributed by atoms with Gasteiger partial charge in [0.05, 0.1) is 19.2 Å². The van der Waals surface area contributed by atoms with Gasteiger partial charge in [0.2, 0.25) is 0 Å². The Hall–Kier alpha value is -1.62. The standard InChI is InChI=1S/C15H21NO3S/c1-11(17)9-15(20-4)16-8-7-12-5-6-13(18-2)14(10-12)19-3/h5-6,9-10,16H,7-8H2,1-4H3/b15-9-. The molecule has 1 aromatic rings. The summed E-state index contributed by atoms with van der Waals surface area (Å²) in [5.74, 6) is 1.51. The molecule has 0 heterocycles. The zero-order valence-electron chi connectivity index (χ0n) is 12.4. The first kappa shape index (κ1) is 16.4. The van der Waals surface area contributed by atoms with Crippen molar-refractivity contribution in [2.24, 2.45) is 0 Å². The number of hydrogen-bond acceptors (Lipinski definition) is 5. The van der Waals surface area contributed by atoms with Crippen molar-refractivity contribution in [3.63, 3.8) is 0 Å². The molecule has 4 nitrogen and oxygen atoms in total. The Balaban J connectivity index is 2.60. The van der Waals surface area contributed by atoms with Crippen molar-refractivity contribution >= 4 is 17.5 Å². The maximum atomic E-state index is 11.0. The van der Waals surface area contributed by atoms with Crippen LogP contribution in [0.25, 0.3) is 0 Å². The van der Waals surface area contributed by atoms with Crippen molar-refractivity contribution in [2.45, 2.75) is 13.3 Å². The molecule has 0 aliphatic heterocycles. The van der Waals surface area contributed by atoms with E-state index >= 15 is 0 Å². The van der Waals surface area contributed by atoms with Crippen molar-refractivity contribution in [1.29, 1.82) is 0 Å². The molecule has 0 spiro atoms. The monoisotopic (exact) mass is 295 g/mol. The third-order valence-corrected chi connectivity index (χ3v) is 3.42. The highest BCUT2D eigenvalue weighted by atomic mass is 32.2. The lowest BCUT2D eigenvalue weighted by atomic mass is 10.1. The van der Waals surface area contributed by atoms with E-state index < -0.39 is 0 Å². The van der Waals surface area contributed by atoms with Gasteiger partial charge in [-0.2, -0.15) is 0 Å². The molecule has 0 saturated carbocycles. The first-order chi connectivity index (χ1) is 9.60. The fraction of sp³-hybridized carbons (Fsp3) is 0.400. The molecule has 0 saturated heterocycles. The second-order valence-electron chi connectivity index (χ2n) is 4.19. The van der Waals surface area contributed by atoms with Crippen molar-refractivity contribution in [2.75, 3.05) is 27.0 Å². The van der Waals surface area contributed by atoms with Gasteiger partial charge in [0.15, 0.2) is 17.3 Å². The van der Waals surface area contributed by atoms with Gasteiger partial charge in [0.1, 0.15) is 0 Å². The van der Waals surface area contributed by atoms with E-state index in [9.17, 15) is 4.79 Å². The lowest BCUT2D eigenvalue weighted by molar-refractivity contribution is -0.112. The van der Waals surface area contributed by atoms with Crippen molar-refractivity contribution in [3.8, 4) is 11.5 Å². The molecule has 1 N–H and O–H groups in total. The largest absolute Gasteiger partial charge is 0.493 e. The fourth-order valence-electron chi connectivity index (χ4n) is 1.73. The zero-order chi connectivity index (χ0) is 15.0. The molecule has 1 rings (SSSR count). The number of nitrogens with one attached hydrogen (secondary N) is 1. The Morgan fingerprint density at radius 1 is 1.30 bits per heavy atom. The summed E-state index contributed by atoms with van der Waals surface area (Å²) < 4.78 is 10.5. The first-order valence-corrected chi connectivity index (χ1v) is 7.54. The van der Waals surface area contributed by atoms with Crippen LogP contribution in [0.1, 0.15) is 12.5 Å². The number of carbonyl (C=O) groups excluding carboxylic acids is 1. The van der Waals surface area contributed by atoms with Gasteiger partial charge in [-0.15, -0.1) is 11.8 Å². The predicted molar refractivity (Wildman–Crippen MR) is 83.5 cm³/mol. The third-order valence-electron chi connectivity index (χ3n) is 2.72. The molecule has 0 aromatic heterocycles. The van der Waals surface area contributed by atoms with E-state index in [-0.39, 0.29) is 5.78 Å². The second kappa shape index (κ2) is 8.53. The van der Waals surface area contributed by atoms with Gasteiger partial charge < -0.3 is 14.8 Å². The van der Waals surface area contributed by atoms with Crippen LogP contribution in [0.4, 0.5) is 0 Å². The highest BCUT2D eigenvalue weighted by Gasteiger charge is 2.04. The summed E-state index contributed by atoms with van der Waals surface area (Å²) in [6.07, 6.45) is 4.40. The molecule has 0 aliphatic carbocycles. The van der Waals surface area contributed by atoms with Crippen LogP contribution in [-0.2, 0) is 11.2 Å². The van der Waals surface area contributed by atoms with Crippen LogP contribution in [0.2, 0.25) is 0 Å². The van der Waals surface area contributed by atoms with E-state index in [4.69, 9.17) is 9.47 Å². The minimum absolute atomic E-state index is 0.0490.